The lowest BCUT2D eigenvalue weighted by Gasteiger charge is -2.30. The van der Waals surface area contributed by atoms with Gasteiger partial charge in [0.05, 0.1) is 5.41 Å². The number of benzene rings is 3. The second-order valence-corrected chi connectivity index (χ2v) is 7.02. The van der Waals surface area contributed by atoms with E-state index in [9.17, 15) is 0 Å². The molecule has 5 rings (SSSR count). The SMILES string of the molecule is C=CC=C1/C(=C\C=C)C2(c3ccccc31)c1ccccc1-c1ccccc12. The minimum absolute atomic E-state index is 0.299. The second kappa shape index (κ2) is 5.82. The normalized spacial score (nSPS) is 18.4. The molecule has 0 fully saturated rings. The maximum atomic E-state index is 4.02. The highest BCUT2D eigenvalue weighted by molar-refractivity contribution is 6.00. The largest absolute Gasteiger partial charge is 0.0991 e. The molecule has 0 saturated carbocycles. The number of allylic oxidation sites excluding steroid dienone is 6. The van der Waals surface area contributed by atoms with Crippen molar-refractivity contribution in [3.63, 3.8) is 0 Å². The van der Waals surface area contributed by atoms with Crippen LogP contribution < -0.4 is 0 Å². The van der Waals surface area contributed by atoms with Crippen LogP contribution in [0.2, 0.25) is 0 Å². The van der Waals surface area contributed by atoms with Gasteiger partial charge in [-0.25, -0.2) is 0 Å². The zero-order chi connectivity index (χ0) is 18.4. The average Bonchev–Trinajstić information content (AvgIpc) is 3.16. The summed E-state index contributed by atoms with van der Waals surface area (Å²) in [6.45, 7) is 7.98. The number of fused-ring (bicyclic) bond motifs is 7. The fraction of sp³-hybridized carbons (Fsp3) is 0.0370. The molecule has 0 radical (unpaired) electrons. The van der Waals surface area contributed by atoms with Crippen LogP contribution in [0.3, 0.4) is 0 Å². The van der Waals surface area contributed by atoms with Gasteiger partial charge >= 0.3 is 0 Å². The lowest BCUT2D eigenvalue weighted by atomic mass is 9.70. The van der Waals surface area contributed by atoms with Crippen molar-refractivity contribution < 1.29 is 0 Å². The van der Waals surface area contributed by atoms with Crippen molar-refractivity contribution in [1.29, 1.82) is 0 Å². The summed E-state index contributed by atoms with van der Waals surface area (Å²) in [5.74, 6) is 0. The molecule has 27 heavy (non-hydrogen) atoms. The van der Waals surface area contributed by atoms with Crippen LogP contribution in [0.1, 0.15) is 22.3 Å². The van der Waals surface area contributed by atoms with Crippen molar-refractivity contribution in [2.75, 3.05) is 0 Å². The molecule has 0 saturated heterocycles. The van der Waals surface area contributed by atoms with Crippen LogP contribution in [0.5, 0.6) is 0 Å². The number of hydrogen-bond acceptors (Lipinski definition) is 0. The highest BCUT2D eigenvalue weighted by Crippen LogP contribution is 2.63. The van der Waals surface area contributed by atoms with Crippen molar-refractivity contribution >= 4 is 5.57 Å². The highest BCUT2D eigenvalue weighted by atomic mass is 14.5. The molecule has 0 aromatic heterocycles. The van der Waals surface area contributed by atoms with E-state index >= 15 is 0 Å². The molecule has 3 aromatic carbocycles. The topological polar surface area (TPSA) is 0 Å². The predicted octanol–water partition coefficient (Wildman–Crippen LogP) is 6.70. The van der Waals surface area contributed by atoms with Crippen LogP contribution in [-0.4, -0.2) is 0 Å². The quantitative estimate of drug-likeness (QED) is 0.485. The smallest absolute Gasteiger partial charge is 0.0725 e. The Morgan fingerprint density at radius 2 is 1.00 bits per heavy atom. The summed E-state index contributed by atoms with van der Waals surface area (Å²) in [6.07, 6.45) is 8.10. The van der Waals surface area contributed by atoms with E-state index in [1.807, 2.05) is 12.2 Å². The molecule has 2 aliphatic carbocycles. The summed E-state index contributed by atoms with van der Waals surface area (Å²) in [4.78, 5) is 0. The van der Waals surface area contributed by atoms with Crippen LogP contribution in [0.4, 0.5) is 0 Å². The molecular formula is C27H20. The first kappa shape index (κ1) is 15.8. The van der Waals surface area contributed by atoms with E-state index in [0.29, 0.717) is 0 Å². The standard InChI is InChI=1S/C27H20/c1-3-11-19-20-13-5-8-16-24(20)27(23(19)12-4-2)25-17-9-6-14-21(25)22-15-7-10-18-26(22)27/h3-18H,1-2H2/b19-11?,23-12+. The van der Waals surface area contributed by atoms with E-state index in [1.54, 1.807) is 0 Å². The Kier molecular flexibility index (Phi) is 3.42. The molecule has 128 valence electrons. The third-order valence-corrected chi connectivity index (χ3v) is 5.84. The minimum atomic E-state index is -0.299. The van der Waals surface area contributed by atoms with Gasteiger partial charge in [0.25, 0.3) is 0 Å². The molecule has 3 aromatic rings. The Balaban J connectivity index is 2.02. The Hall–Kier alpha value is -3.38. The fourth-order valence-electron chi connectivity index (χ4n) is 4.98. The highest BCUT2D eigenvalue weighted by Gasteiger charge is 2.52. The molecule has 0 heteroatoms. The third-order valence-electron chi connectivity index (χ3n) is 5.84. The number of rotatable bonds is 2. The molecule has 0 nitrogen and oxygen atoms in total. The molecule has 0 atom stereocenters. The third kappa shape index (κ3) is 1.88. The fourth-order valence-corrected chi connectivity index (χ4v) is 4.98. The Bertz CT molecular complexity index is 1110. The average molecular weight is 344 g/mol. The predicted molar refractivity (Wildman–Crippen MR) is 115 cm³/mol. The molecule has 0 amide bonds. The van der Waals surface area contributed by atoms with Gasteiger partial charge < -0.3 is 0 Å². The van der Waals surface area contributed by atoms with Crippen molar-refractivity contribution in [2.24, 2.45) is 0 Å². The van der Waals surface area contributed by atoms with E-state index in [-0.39, 0.29) is 5.41 Å². The van der Waals surface area contributed by atoms with E-state index in [2.05, 4.69) is 98.1 Å². The summed E-state index contributed by atoms with van der Waals surface area (Å²) in [5.41, 5.74) is 10.1. The molecule has 1 spiro atoms. The van der Waals surface area contributed by atoms with Gasteiger partial charge in [-0.05, 0) is 44.5 Å². The molecule has 0 bridgehead atoms. The summed E-state index contributed by atoms with van der Waals surface area (Å²) in [6, 6.07) is 26.4. The van der Waals surface area contributed by atoms with Crippen LogP contribution in [0, 0.1) is 0 Å². The lowest BCUT2D eigenvalue weighted by Crippen LogP contribution is -2.25. The van der Waals surface area contributed by atoms with E-state index in [1.165, 1.54) is 44.5 Å². The van der Waals surface area contributed by atoms with Gasteiger partial charge in [0.2, 0.25) is 0 Å². The summed E-state index contributed by atoms with van der Waals surface area (Å²) in [7, 11) is 0. The van der Waals surface area contributed by atoms with Crippen LogP contribution >= 0.6 is 0 Å². The Morgan fingerprint density at radius 1 is 0.556 bits per heavy atom. The summed E-state index contributed by atoms with van der Waals surface area (Å²) >= 11 is 0. The van der Waals surface area contributed by atoms with Crippen molar-refractivity contribution in [2.45, 2.75) is 5.41 Å². The van der Waals surface area contributed by atoms with Gasteiger partial charge in [-0.3, -0.25) is 0 Å². The monoisotopic (exact) mass is 344 g/mol. The molecule has 0 aliphatic heterocycles. The Morgan fingerprint density at radius 3 is 1.52 bits per heavy atom. The lowest BCUT2D eigenvalue weighted by molar-refractivity contribution is 0.794. The maximum absolute atomic E-state index is 4.02. The van der Waals surface area contributed by atoms with Gasteiger partial charge in [-0.1, -0.05) is 110 Å². The van der Waals surface area contributed by atoms with Gasteiger partial charge in [0, 0.05) is 0 Å². The zero-order valence-electron chi connectivity index (χ0n) is 15.2. The molecule has 0 heterocycles. The van der Waals surface area contributed by atoms with Gasteiger partial charge in [0.1, 0.15) is 0 Å². The molecule has 0 N–H and O–H groups in total. The maximum Gasteiger partial charge on any atom is 0.0725 e. The van der Waals surface area contributed by atoms with Crippen LogP contribution in [-0.2, 0) is 5.41 Å². The van der Waals surface area contributed by atoms with E-state index < -0.39 is 0 Å². The number of hydrogen-bond donors (Lipinski definition) is 0. The van der Waals surface area contributed by atoms with Crippen molar-refractivity contribution in [3.05, 3.63) is 138 Å². The van der Waals surface area contributed by atoms with Crippen LogP contribution in [0.15, 0.2) is 116 Å². The first-order valence-corrected chi connectivity index (χ1v) is 9.29. The van der Waals surface area contributed by atoms with Gasteiger partial charge in [-0.15, -0.1) is 0 Å². The van der Waals surface area contributed by atoms with E-state index in [0.717, 1.165) is 0 Å². The van der Waals surface area contributed by atoms with Crippen molar-refractivity contribution in [1.82, 2.24) is 0 Å². The second-order valence-electron chi connectivity index (χ2n) is 7.02. The summed E-state index contributed by atoms with van der Waals surface area (Å²) < 4.78 is 0. The van der Waals surface area contributed by atoms with Crippen molar-refractivity contribution in [3.8, 4) is 11.1 Å². The van der Waals surface area contributed by atoms with E-state index in [4.69, 9.17) is 0 Å². The van der Waals surface area contributed by atoms with Crippen LogP contribution in [0.25, 0.3) is 16.7 Å². The first-order valence-electron chi connectivity index (χ1n) is 9.29. The molecule has 2 aliphatic rings. The van der Waals surface area contributed by atoms with Gasteiger partial charge in [-0.2, -0.15) is 0 Å². The first-order chi connectivity index (χ1) is 13.3. The summed E-state index contributed by atoms with van der Waals surface area (Å²) in [5, 5.41) is 0. The zero-order valence-corrected chi connectivity index (χ0v) is 15.2. The van der Waals surface area contributed by atoms with Gasteiger partial charge in [0.15, 0.2) is 0 Å². The molecule has 0 unspecified atom stereocenters. The molecular weight excluding hydrogens is 324 g/mol. The Labute approximate surface area is 160 Å². The minimum Gasteiger partial charge on any atom is -0.0991 e.